The Morgan fingerprint density at radius 1 is 0.683 bits per heavy atom. The molecule has 6 fully saturated rings. The van der Waals surface area contributed by atoms with Crippen LogP contribution in [0.5, 0.6) is 5.75 Å². The van der Waals surface area contributed by atoms with Crippen molar-refractivity contribution in [3.05, 3.63) is 30.3 Å². The van der Waals surface area contributed by atoms with Crippen LogP contribution in [0.1, 0.15) is 40.0 Å². The Morgan fingerprint density at radius 3 is 1.68 bits per heavy atom. The van der Waals surface area contributed by atoms with E-state index in [2.05, 4.69) is 13.8 Å². The molecular formula is C31H50O10. The summed E-state index contributed by atoms with van der Waals surface area (Å²) in [6, 6.07) is 9.79. The fraction of sp³-hybridized carbons (Fsp3) is 0.806. The highest BCUT2D eigenvalue weighted by Crippen LogP contribution is 2.35. The van der Waals surface area contributed by atoms with Gasteiger partial charge in [0, 0.05) is 26.7 Å². The first-order chi connectivity index (χ1) is 19.8. The molecule has 234 valence electrons. The summed E-state index contributed by atoms with van der Waals surface area (Å²) in [4.78, 5) is 0. The summed E-state index contributed by atoms with van der Waals surface area (Å²) in [6.45, 7) is 16.1. The third-order valence-electron chi connectivity index (χ3n) is 6.95. The van der Waals surface area contributed by atoms with Crippen LogP contribution in [0.25, 0.3) is 0 Å². The summed E-state index contributed by atoms with van der Waals surface area (Å²) in [6.07, 6.45) is 4.48. The van der Waals surface area contributed by atoms with Crippen LogP contribution in [0.4, 0.5) is 0 Å². The molecular weight excluding hydrogens is 532 g/mol. The van der Waals surface area contributed by atoms with Gasteiger partial charge >= 0.3 is 0 Å². The zero-order valence-corrected chi connectivity index (χ0v) is 25.3. The Hall–Kier alpha value is -1.34. The lowest BCUT2D eigenvalue weighted by Gasteiger charge is -2.06. The molecule has 41 heavy (non-hydrogen) atoms. The predicted octanol–water partition coefficient (Wildman–Crippen LogP) is 3.44. The van der Waals surface area contributed by atoms with Gasteiger partial charge in [0.2, 0.25) is 0 Å². The van der Waals surface area contributed by atoms with E-state index in [9.17, 15) is 0 Å². The standard InChI is InChI=1S/C11H20O4.C9H10O2.C6H10O2.C5H10O2/c1-11(9-15-11)8-13-5-3-2-4-12-6-10-7-14-10;1-2-4-8(5-3-1)10-6-9-7-11-9;1-6(4-8-6)2-5-3-7-5;1-5(3-6-2)4-7-5/h10H,2-9H2,1H3;1-5,9H,6-7H2;5H,2-4H2,1H3;3-4H2,1-2H3. The van der Waals surface area contributed by atoms with Gasteiger partial charge in [0.15, 0.2) is 0 Å². The van der Waals surface area contributed by atoms with E-state index < -0.39 is 0 Å². The number of ether oxygens (including phenoxy) is 10. The van der Waals surface area contributed by atoms with E-state index >= 15 is 0 Å². The quantitative estimate of drug-likeness (QED) is 0.212. The summed E-state index contributed by atoms with van der Waals surface area (Å²) in [5.74, 6) is 0.919. The van der Waals surface area contributed by atoms with Crippen molar-refractivity contribution < 1.29 is 47.4 Å². The highest BCUT2D eigenvalue weighted by atomic mass is 16.6. The fourth-order valence-corrected chi connectivity index (χ4v) is 3.57. The molecule has 1 aromatic rings. The molecule has 6 saturated heterocycles. The summed E-state index contributed by atoms with van der Waals surface area (Å²) in [5, 5.41) is 0. The van der Waals surface area contributed by atoms with Crippen molar-refractivity contribution in [2.75, 3.05) is 86.4 Å². The summed E-state index contributed by atoms with van der Waals surface area (Å²) >= 11 is 0. The SMILES string of the molecule is CC1(CC2CO2)CO1.CC1(COCCCCOCC2CO2)CO1.COCC1(C)CO1.c1ccc(OCC2CO2)cc1. The molecule has 0 bridgehead atoms. The maximum Gasteiger partial charge on any atom is 0.119 e. The molecule has 0 N–H and O–H groups in total. The van der Waals surface area contributed by atoms with E-state index in [1.54, 1.807) is 7.11 Å². The van der Waals surface area contributed by atoms with Gasteiger partial charge in [-0.2, -0.15) is 0 Å². The fourth-order valence-electron chi connectivity index (χ4n) is 3.57. The first kappa shape index (κ1) is 32.6. The van der Waals surface area contributed by atoms with Crippen LogP contribution < -0.4 is 4.74 Å². The van der Waals surface area contributed by atoms with Gasteiger partial charge in [-0.15, -0.1) is 0 Å². The molecule has 10 heteroatoms. The molecule has 0 saturated carbocycles. The van der Waals surface area contributed by atoms with Gasteiger partial charge in [-0.3, -0.25) is 0 Å². The lowest BCUT2D eigenvalue weighted by atomic mass is 10.1. The minimum Gasteiger partial charge on any atom is -0.491 e. The summed E-state index contributed by atoms with van der Waals surface area (Å²) in [5.41, 5.74) is 0.315. The van der Waals surface area contributed by atoms with E-state index in [1.165, 1.54) is 0 Å². The third-order valence-corrected chi connectivity index (χ3v) is 6.95. The number of hydrogen-bond donors (Lipinski definition) is 0. The van der Waals surface area contributed by atoms with Gasteiger partial charge in [0.25, 0.3) is 0 Å². The zero-order valence-electron chi connectivity index (χ0n) is 25.3. The molecule has 6 unspecified atom stereocenters. The molecule has 6 aliphatic heterocycles. The number of para-hydroxylation sites is 1. The second-order valence-electron chi connectivity index (χ2n) is 12.2. The van der Waals surface area contributed by atoms with Gasteiger partial charge in [-0.25, -0.2) is 0 Å². The Kier molecular flexibility index (Phi) is 12.7. The van der Waals surface area contributed by atoms with E-state index in [1.807, 2.05) is 37.3 Å². The van der Waals surface area contributed by atoms with Gasteiger partial charge in [0.05, 0.1) is 71.2 Å². The number of epoxide rings is 6. The van der Waals surface area contributed by atoms with Gasteiger partial charge in [-0.1, -0.05) is 18.2 Å². The van der Waals surface area contributed by atoms with Gasteiger partial charge < -0.3 is 47.4 Å². The lowest BCUT2D eigenvalue weighted by molar-refractivity contribution is 0.0711. The highest BCUT2D eigenvalue weighted by Gasteiger charge is 2.44. The van der Waals surface area contributed by atoms with Crippen molar-refractivity contribution in [3.8, 4) is 5.75 Å². The Bertz CT molecular complexity index is 844. The van der Waals surface area contributed by atoms with Crippen molar-refractivity contribution in [3.63, 3.8) is 0 Å². The Balaban J connectivity index is 0.000000131. The van der Waals surface area contributed by atoms with Crippen LogP contribution in [0.15, 0.2) is 30.3 Å². The summed E-state index contributed by atoms with van der Waals surface area (Å²) in [7, 11) is 1.69. The van der Waals surface area contributed by atoms with Crippen molar-refractivity contribution in [2.45, 2.75) is 75.1 Å². The van der Waals surface area contributed by atoms with Crippen LogP contribution >= 0.6 is 0 Å². The molecule has 10 nitrogen and oxygen atoms in total. The number of rotatable bonds is 16. The van der Waals surface area contributed by atoms with Crippen molar-refractivity contribution in [1.82, 2.24) is 0 Å². The van der Waals surface area contributed by atoms with Crippen molar-refractivity contribution in [2.24, 2.45) is 0 Å². The summed E-state index contributed by atoms with van der Waals surface area (Å²) < 4.78 is 51.6. The van der Waals surface area contributed by atoms with E-state index in [0.29, 0.717) is 24.9 Å². The van der Waals surface area contributed by atoms with Crippen LogP contribution in [0, 0.1) is 0 Å². The molecule has 0 amide bonds. The molecule has 6 aliphatic rings. The van der Waals surface area contributed by atoms with Gasteiger partial charge in [-0.05, 0) is 45.7 Å². The molecule has 6 atom stereocenters. The largest absolute Gasteiger partial charge is 0.491 e. The van der Waals surface area contributed by atoms with Gasteiger partial charge in [0.1, 0.15) is 35.8 Å². The monoisotopic (exact) mass is 582 g/mol. The highest BCUT2D eigenvalue weighted by molar-refractivity contribution is 5.20. The molecule has 0 spiro atoms. The van der Waals surface area contributed by atoms with Crippen molar-refractivity contribution in [1.29, 1.82) is 0 Å². The van der Waals surface area contributed by atoms with E-state index in [0.717, 1.165) is 97.7 Å². The van der Waals surface area contributed by atoms with E-state index in [-0.39, 0.29) is 16.8 Å². The second kappa shape index (κ2) is 15.9. The number of methoxy groups -OCH3 is 1. The first-order valence-corrected chi connectivity index (χ1v) is 14.9. The molecule has 0 aliphatic carbocycles. The lowest BCUT2D eigenvalue weighted by Crippen LogP contribution is -2.15. The third kappa shape index (κ3) is 16.2. The number of benzene rings is 1. The maximum absolute atomic E-state index is 5.50. The molecule has 0 aromatic heterocycles. The normalized spacial score (nSPS) is 34.4. The Labute approximate surface area is 245 Å². The van der Waals surface area contributed by atoms with E-state index in [4.69, 9.17) is 47.4 Å². The molecule has 0 radical (unpaired) electrons. The van der Waals surface area contributed by atoms with Crippen molar-refractivity contribution >= 4 is 0 Å². The second-order valence-corrected chi connectivity index (χ2v) is 12.2. The van der Waals surface area contributed by atoms with Crippen LogP contribution in [-0.2, 0) is 42.6 Å². The maximum atomic E-state index is 5.50. The smallest absolute Gasteiger partial charge is 0.119 e. The minimum absolute atomic E-state index is 0.0276. The van der Waals surface area contributed by atoms with Crippen LogP contribution in [0.3, 0.4) is 0 Å². The average molecular weight is 583 g/mol. The average Bonchev–Trinajstić information content (AvgIpc) is 3.75. The molecule has 7 rings (SSSR count). The van der Waals surface area contributed by atoms with Crippen LogP contribution in [-0.4, -0.2) is 122 Å². The predicted molar refractivity (Wildman–Crippen MR) is 152 cm³/mol. The number of hydrogen-bond acceptors (Lipinski definition) is 10. The molecule has 6 heterocycles. The first-order valence-electron chi connectivity index (χ1n) is 14.9. The zero-order chi connectivity index (χ0) is 29.0. The van der Waals surface area contributed by atoms with Crippen LogP contribution in [0.2, 0.25) is 0 Å². The Morgan fingerprint density at radius 2 is 1.20 bits per heavy atom. The molecule has 1 aromatic carbocycles. The minimum atomic E-state index is 0.0276. The number of unbranched alkanes of at least 4 members (excludes halogenated alkanes) is 1. The topological polar surface area (TPSA) is 112 Å².